The summed E-state index contributed by atoms with van der Waals surface area (Å²) >= 11 is 0. The van der Waals surface area contributed by atoms with Gasteiger partial charge in [0.15, 0.2) is 10.7 Å². The summed E-state index contributed by atoms with van der Waals surface area (Å²) in [7, 11) is -4.79. The molecule has 2 atom stereocenters. The van der Waals surface area contributed by atoms with E-state index in [4.69, 9.17) is 9.47 Å². The Bertz CT molecular complexity index is 2960. The number of aromatic amines is 1. The molecule has 1 amide bonds. The minimum absolute atomic E-state index is 0.00580. The second-order valence-corrected chi connectivity index (χ2v) is 20.2. The summed E-state index contributed by atoms with van der Waals surface area (Å²) in [5, 5.41) is 15.3. The molecule has 2 aliphatic carbocycles. The van der Waals surface area contributed by atoms with Gasteiger partial charge in [0.25, 0.3) is 15.9 Å². The van der Waals surface area contributed by atoms with E-state index in [0.29, 0.717) is 35.3 Å². The lowest BCUT2D eigenvalue weighted by molar-refractivity contribution is -0.384. The quantitative estimate of drug-likeness (QED) is 0.0784. The van der Waals surface area contributed by atoms with Gasteiger partial charge in [0.2, 0.25) is 5.88 Å². The topological polar surface area (TPSA) is 185 Å². The molecule has 6 heterocycles. The number of piperidine rings is 1. The lowest BCUT2D eigenvalue weighted by Crippen LogP contribution is -2.54. The van der Waals surface area contributed by atoms with Crippen molar-refractivity contribution in [3.8, 4) is 17.4 Å². The van der Waals surface area contributed by atoms with E-state index >= 15 is 0 Å². The van der Waals surface area contributed by atoms with E-state index in [1.807, 2.05) is 6.07 Å². The first-order valence-electron chi connectivity index (χ1n) is 22.7. The highest BCUT2D eigenvalue weighted by Gasteiger charge is 2.50. The van der Waals surface area contributed by atoms with Gasteiger partial charge in [-0.1, -0.05) is 36.4 Å². The van der Waals surface area contributed by atoms with Crippen molar-refractivity contribution in [2.75, 3.05) is 36.5 Å². The molecule has 2 saturated heterocycles. The number of carbonyl (C=O) groups is 1. The number of amides is 1. The molecule has 0 bridgehead atoms. The first kappa shape index (κ1) is 42.1. The van der Waals surface area contributed by atoms with Crippen molar-refractivity contribution in [2.24, 2.45) is 5.41 Å². The van der Waals surface area contributed by atoms with Crippen molar-refractivity contribution in [2.45, 2.75) is 86.9 Å². The fourth-order valence-corrected chi connectivity index (χ4v) is 11.7. The molecular formula is C49H49FN8O7S. The van der Waals surface area contributed by atoms with Crippen LogP contribution >= 0.6 is 0 Å². The van der Waals surface area contributed by atoms with Crippen molar-refractivity contribution in [1.82, 2.24) is 24.6 Å². The molecule has 1 spiro atoms. The molecule has 3 aliphatic heterocycles. The smallest absolute Gasteiger partial charge is 0.300 e. The Morgan fingerprint density at radius 2 is 1.77 bits per heavy atom. The van der Waals surface area contributed by atoms with Gasteiger partial charge in [0, 0.05) is 48.5 Å². The zero-order valence-electron chi connectivity index (χ0n) is 36.1. The summed E-state index contributed by atoms with van der Waals surface area (Å²) in [4.78, 5) is 42.3. The third kappa shape index (κ3) is 8.18. The van der Waals surface area contributed by atoms with Gasteiger partial charge in [0.1, 0.15) is 29.6 Å². The minimum Gasteiger partial charge on any atom is -0.474 e. The highest BCUT2D eigenvalue weighted by Crippen LogP contribution is 2.55. The number of aromatic nitrogens is 3. The predicted octanol–water partition coefficient (Wildman–Crippen LogP) is 8.80. The number of rotatable bonds is 12. The molecule has 0 radical (unpaired) electrons. The maximum atomic E-state index is 14.1. The molecule has 6 aromatic rings. The monoisotopic (exact) mass is 912 g/mol. The van der Waals surface area contributed by atoms with Gasteiger partial charge in [-0.2, -0.15) is 13.4 Å². The predicted molar refractivity (Wildman–Crippen MR) is 245 cm³/mol. The molecular weight excluding hydrogens is 864 g/mol. The Hall–Kier alpha value is -6.59. The van der Waals surface area contributed by atoms with Crippen LogP contribution in [0.15, 0.2) is 102 Å². The molecule has 15 nitrogen and oxygen atoms in total. The largest absolute Gasteiger partial charge is 0.474 e. The van der Waals surface area contributed by atoms with Gasteiger partial charge in [-0.25, -0.2) is 14.1 Å². The summed E-state index contributed by atoms with van der Waals surface area (Å²) < 4.78 is 55.3. The van der Waals surface area contributed by atoms with Gasteiger partial charge in [-0.15, -0.1) is 0 Å². The van der Waals surface area contributed by atoms with Gasteiger partial charge in [0.05, 0.1) is 28.8 Å². The Morgan fingerprint density at radius 1 is 0.985 bits per heavy atom. The number of sulfonamides is 1. The standard InChI is InChI=1S/C49H49FN8O7S/c50-33-11-7-30(8-12-33)22-34-29-64-48-45(53-34)42(58(60)61)25-44(54-48)66(62,63)55-47(59)40-14-13-35(24-43(40)65-37-23-32-15-18-51-46(32)52-28-37)56-20-16-49(17-21-56)26-36(27-49)57-19-3-6-41(57)39-5-2-1-4-38(39)31-9-10-31/h1-2,4-5,7-8,11-15,18,23-25,28,31,34,36,41,53H,3,6,9-10,16-17,19-22,26-27,29H2,(H,51,52)(H,55,59)/t34-,41-/m0/s1. The summed E-state index contributed by atoms with van der Waals surface area (Å²) in [6.45, 7) is 2.80. The highest BCUT2D eigenvalue weighted by molar-refractivity contribution is 7.90. The molecule has 5 aliphatic rings. The SMILES string of the molecule is O=C(NS(=O)(=O)c1cc([N+](=O)[O-])c2c(n1)OC[C@H](Cc1ccc(F)cc1)N2)c1ccc(N2CCC3(CC2)CC(N2CCC[C@H]2c2ccccc2C2CC2)C3)cc1Oc1cnc2[nH]ccc2c1. The number of nitro groups is 1. The normalized spacial score (nSPS) is 20.6. The third-order valence-corrected chi connectivity index (χ3v) is 15.5. The van der Waals surface area contributed by atoms with E-state index in [1.165, 1.54) is 62.9 Å². The van der Waals surface area contributed by atoms with Crippen LogP contribution in [-0.4, -0.2) is 77.4 Å². The fraction of sp³-hybridized carbons (Fsp3) is 0.367. The van der Waals surface area contributed by atoms with Gasteiger partial charge in [-0.05, 0) is 129 Å². The molecule has 340 valence electrons. The van der Waals surface area contributed by atoms with Gasteiger partial charge < -0.3 is 24.7 Å². The van der Waals surface area contributed by atoms with Gasteiger partial charge >= 0.3 is 5.69 Å². The Morgan fingerprint density at radius 3 is 2.55 bits per heavy atom. The van der Waals surface area contributed by atoms with Crippen LogP contribution in [0.1, 0.15) is 90.4 Å². The molecule has 66 heavy (non-hydrogen) atoms. The van der Waals surface area contributed by atoms with Crippen LogP contribution < -0.4 is 24.4 Å². The number of carbonyl (C=O) groups excluding carboxylic acids is 1. The lowest BCUT2D eigenvalue weighted by Gasteiger charge is -2.56. The van der Waals surface area contributed by atoms with Crippen molar-refractivity contribution < 1.29 is 32.0 Å². The number of hydrogen-bond acceptors (Lipinski definition) is 12. The maximum absolute atomic E-state index is 14.1. The summed E-state index contributed by atoms with van der Waals surface area (Å²) in [6, 6.07) is 25.1. The summed E-state index contributed by atoms with van der Waals surface area (Å²) in [5.74, 6) is -0.541. The average molecular weight is 913 g/mol. The molecule has 3 aromatic heterocycles. The Labute approximate surface area is 380 Å². The van der Waals surface area contributed by atoms with E-state index in [-0.39, 0.29) is 29.5 Å². The Balaban J connectivity index is 0.802. The van der Waals surface area contributed by atoms with Crippen molar-refractivity contribution >= 4 is 44.0 Å². The van der Waals surface area contributed by atoms with Crippen LogP contribution in [0, 0.1) is 21.3 Å². The second kappa shape index (κ2) is 16.7. The first-order chi connectivity index (χ1) is 32.0. The van der Waals surface area contributed by atoms with Crippen LogP contribution in [-0.2, 0) is 16.4 Å². The van der Waals surface area contributed by atoms with Crippen LogP contribution in [0.25, 0.3) is 11.0 Å². The number of anilines is 2. The van der Waals surface area contributed by atoms with Crippen LogP contribution in [0.4, 0.5) is 21.5 Å². The zero-order chi connectivity index (χ0) is 45.2. The molecule has 3 aromatic carbocycles. The number of hydrogen-bond donors (Lipinski definition) is 3. The summed E-state index contributed by atoms with van der Waals surface area (Å²) in [6.07, 6.45) is 13.2. The third-order valence-electron chi connectivity index (χ3n) is 14.3. The van der Waals surface area contributed by atoms with E-state index in [0.717, 1.165) is 61.1 Å². The van der Waals surface area contributed by atoms with E-state index in [1.54, 1.807) is 47.7 Å². The highest BCUT2D eigenvalue weighted by atomic mass is 32.2. The number of nitrogens with zero attached hydrogens (tertiary/aromatic N) is 5. The molecule has 4 fully saturated rings. The fourth-order valence-electron chi connectivity index (χ4n) is 10.7. The van der Waals surface area contributed by atoms with Gasteiger partial charge in [-0.3, -0.25) is 19.8 Å². The molecule has 3 N–H and O–H groups in total. The average Bonchev–Trinajstić information content (AvgIpc) is 3.85. The molecule has 11 rings (SSSR count). The van der Waals surface area contributed by atoms with E-state index < -0.39 is 43.4 Å². The van der Waals surface area contributed by atoms with Crippen molar-refractivity contribution in [1.29, 1.82) is 0 Å². The molecule has 0 unspecified atom stereocenters. The van der Waals surface area contributed by atoms with Crippen molar-refractivity contribution in [3.63, 3.8) is 0 Å². The van der Waals surface area contributed by atoms with Crippen LogP contribution in [0.5, 0.6) is 17.4 Å². The first-order valence-corrected chi connectivity index (χ1v) is 24.2. The Kier molecular flexibility index (Phi) is 10.6. The van der Waals surface area contributed by atoms with Crippen LogP contribution in [0.2, 0.25) is 0 Å². The number of likely N-dealkylation sites (tertiary alicyclic amines) is 1. The molecule has 17 heteroatoms. The number of benzene rings is 3. The van der Waals surface area contributed by atoms with Crippen LogP contribution in [0.3, 0.4) is 0 Å². The zero-order valence-corrected chi connectivity index (χ0v) is 36.9. The number of ether oxygens (including phenoxy) is 2. The summed E-state index contributed by atoms with van der Waals surface area (Å²) in [5.41, 5.74) is 4.86. The number of H-pyrrole nitrogens is 1. The number of nitrogens with one attached hydrogen (secondary N) is 3. The lowest BCUT2D eigenvalue weighted by atomic mass is 9.59. The van der Waals surface area contributed by atoms with E-state index in [2.05, 4.69) is 59.1 Å². The number of halogens is 1. The van der Waals surface area contributed by atoms with E-state index in [9.17, 15) is 27.7 Å². The minimum atomic E-state index is -4.79. The number of fused-ring (bicyclic) bond motifs is 2. The molecule has 2 saturated carbocycles. The second-order valence-electron chi connectivity index (χ2n) is 18.6. The van der Waals surface area contributed by atoms with Crippen molar-refractivity contribution in [3.05, 3.63) is 136 Å². The number of pyridine rings is 2. The maximum Gasteiger partial charge on any atom is 0.300 e.